The fraction of sp³-hybridized carbons (Fsp3) is 0.261. The molecule has 0 spiro atoms. The standard InChI is InChI=1S/C23H22N2O4/c1-26-17-11-8-16(9-12-17)20-19-13-10-15-6-4-5-7-18(15)21(19)29-23(27-2,28-3)22(20,25)14-24/h4-13,20H,25H2,1-3H3. The van der Waals surface area contributed by atoms with E-state index in [-0.39, 0.29) is 0 Å². The molecule has 0 bridgehead atoms. The summed E-state index contributed by atoms with van der Waals surface area (Å²) in [4.78, 5) is 0. The fourth-order valence-corrected chi connectivity index (χ4v) is 4.12. The third kappa shape index (κ3) is 2.67. The largest absolute Gasteiger partial charge is 0.497 e. The van der Waals surface area contributed by atoms with Crippen LogP contribution in [0.2, 0.25) is 0 Å². The molecule has 0 saturated carbocycles. The number of ether oxygens (including phenoxy) is 4. The fourth-order valence-electron chi connectivity index (χ4n) is 4.12. The maximum absolute atomic E-state index is 10.2. The van der Waals surface area contributed by atoms with Crippen LogP contribution in [0, 0.1) is 11.3 Å². The molecule has 0 saturated heterocycles. The first-order valence-corrected chi connectivity index (χ1v) is 9.18. The Bertz CT molecular complexity index is 1090. The quantitative estimate of drug-likeness (QED) is 0.686. The Morgan fingerprint density at radius 3 is 2.28 bits per heavy atom. The molecule has 0 radical (unpaired) electrons. The van der Waals surface area contributed by atoms with Gasteiger partial charge >= 0.3 is 5.97 Å². The number of methoxy groups -OCH3 is 3. The number of nitriles is 1. The summed E-state index contributed by atoms with van der Waals surface area (Å²) in [5.41, 5.74) is 6.67. The molecule has 1 heterocycles. The Labute approximate surface area is 169 Å². The van der Waals surface area contributed by atoms with Crippen LogP contribution in [-0.2, 0) is 9.47 Å². The topological polar surface area (TPSA) is 86.7 Å². The smallest absolute Gasteiger partial charge is 0.360 e. The molecule has 2 N–H and O–H groups in total. The van der Waals surface area contributed by atoms with Crippen LogP contribution in [0.5, 0.6) is 11.5 Å². The van der Waals surface area contributed by atoms with Crippen molar-refractivity contribution in [3.05, 3.63) is 71.8 Å². The van der Waals surface area contributed by atoms with Crippen LogP contribution in [0.25, 0.3) is 10.8 Å². The van der Waals surface area contributed by atoms with Crippen LogP contribution in [0.3, 0.4) is 0 Å². The van der Waals surface area contributed by atoms with E-state index in [0.29, 0.717) is 11.5 Å². The highest BCUT2D eigenvalue weighted by Crippen LogP contribution is 2.52. The summed E-state index contributed by atoms with van der Waals surface area (Å²) in [5, 5.41) is 12.1. The van der Waals surface area contributed by atoms with E-state index in [1.54, 1.807) is 7.11 Å². The number of benzene rings is 3. The van der Waals surface area contributed by atoms with Gasteiger partial charge in [-0.15, -0.1) is 0 Å². The Morgan fingerprint density at radius 1 is 0.966 bits per heavy atom. The van der Waals surface area contributed by atoms with Crippen LogP contribution in [0.4, 0.5) is 0 Å². The molecular weight excluding hydrogens is 368 g/mol. The molecule has 0 aromatic heterocycles. The minimum absolute atomic E-state index is 0.563. The van der Waals surface area contributed by atoms with E-state index in [9.17, 15) is 5.26 Å². The second kappa shape index (κ2) is 7.05. The average molecular weight is 390 g/mol. The summed E-state index contributed by atoms with van der Waals surface area (Å²) in [5.74, 6) is -1.05. The van der Waals surface area contributed by atoms with E-state index < -0.39 is 17.4 Å². The van der Waals surface area contributed by atoms with E-state index in [2.05, 4.69) is 6.07 Å². The highest BCUT2D eigenvalue weighted by atomic mass is 16.9. The third-order valence-corrected chi connectivity index (χ3v) is 5.59. The Kier molecular flexibility index (Phi) is 4.67. The summed E-state index contributed by atoms with van der Waals surface area (Å²) in [6, 6.07) is 21.5. The molecular formula is C23H22N2O4. The van der Waals surface area contributed by atoms with Gasteiger partial charge in [-0.25, -0.2) is 0 Å². The Morgan fingerprint density at radius 2 is 1.66 bits per heavy atom. The van der Waals surface area contributed by atoms with E-state index in [1.165, 1.54) is 14.2 Å². The predicted octanol–water partition coefficient (Wildman–Crippen LogP) is 3.54. The van der Waals surface area contributed by atoms with E-state index in [1.807, 2.05) is 60.7 Å². The molecule has 6 heteroatoms. The van der Waals surface area contributed by atoms with Gasteiger partial charge in [0, 0.05) is 25.2 Å². The number of nitrogens with two attached hydrogens (primary N) is 1. The summed E-state index contributed by atoms with van der Waals surface area (Å²) >= 11 is 0. The van der Waals surface area contributed by atoms with Gasteiger partial charge in [-0.2, -0.15) is 5.26 Å². The lowest BCUT2D eigenvalue weighted by atomic mass is 9.72. The molecule has 4 rings (SSSR count). The molecule has 1 aliphatic rings. The molecule has 2 atom stereocenters. The molecule has 3 aromatic rings. The van der Waals surface area contributed by atoms with Gasteiger partial charge < -0.3 is 24.7 Å². The van der Waals surface area contributed by atoms with Crippen LogP contribution in [-0.4, -0.2) is 32.8 Å². The lowest BCUT2D eigenvalue weighted by Gasteiger charge is -2.49. The Hall–Kier alpha value is -3.11. The SMILES string of the molecule is COc1ccc(C2c3ccc4ccccc4c3OC(OC)(OC)C2(N)C#N)cc1. The van der Waals surface area contributed by atoms with Gasteiger partial charge in [-0.05, 0) is 23.1 Å². The lowest BCUT2D eigenvalue weighted by Crippen LogP contribution is -2.70. The predicted molar refractivity (Wildman–Crippen MR) is 109 cm³/mol. The number of nitrogens with zero attached hydrogens (tertiary/aromatic N) is 1. The van der Waals surface area contributed by atoms with Crippen LogP contribution < -0.4 is 15.2 Å². The molecule has 1 aliphatic heterocycles. The molecule has 0 aliphatic carbocycles. The van der Waals surface area contributed by atoms with Gasteiger partial charge in [-0.1, -0.05) is 48.5 Å². The highest BCUT2D eigenvalue weighted by Gasteiger charge is 2.63. The summed E-state index contributed by atoms with van der Waals surface area (Å²) in [6.07, 6.45) is 0. The highest BCUT2D eigenvalue weighted by molar-refractivity contribution is 5.90. The zero-order valence-electron chi connectivity index (χ0n) is 16.5. The average Bonchev–Trinajstić information content (AvgIpc) is 2.78. The van der Waals surface area contributed by atoms with Gasteiger partial charge in [0.15, 0.2) is 0 Å². The maximum atomic E-state index is 10.2. The van der Waals surface area contributed by atoms with Gasteiger partial charge in [0.05, 0.1) is 19.1 Å². The van der Waals surface area contributed by atoms with E-state index in [4.69, 9.17) is 24.7 Å². The minimum atomic E-state index is -1.79. The molecule has 148 valence electrons. The van der Waals surface area contributed by atoms with Crippen LogP contribution in [0.15, 0.2) is 60.7 Å². The normalized spacial score (nSPS) is 22.4. The van der Waals surface area contributed by atoms with Crippen molar-refractivity contribution in [1.82, 2.24) is 0 Å². The molecule has 3 aromatic carbocycles. The summed E-state index contributed by atoms with van der Waals surface area (Å²) in [6.45, 7) is 0. The number of hydrogen-bond acceptors (Lipinski definition) is 6. The van der Waals surface area contributed by atoms with Gasteiger partial charge in [-0.3, -0.25) is 0 Å². The van der Waals surface area contributed by atoms with Crippen molar-refractivity contribution in [3.8, 4) is 17.6 Å². The van der Waals surface area contributed by atoms with E-state index >= 15 is 0 Å². The first-order valence-electron chi connectivity index (χ1n) is 9.18. The Balaban J connectivity index is 2.05. The van der Waals surface area contributed by atoms with Crippen molar-refractivity contribution >= 4 is 10.8 Å². The zero-order chi connectivity index (χ0) is 20.6. The minimum Gasteiger partial charge on any atom is -0.497 e. The van der Waals surface area contributed by atoms with Crippen molar-refractivity contribution in [3.63, 3.8) is 0 Å². The van der Waals surface area contributed by atoms with E-state index in [0.717, 1.165) is 21.9 Å². The number of fused-ring (bicyclic) bond motifs is 3. The maximum Gasteiger partial charge on any atom is 0.360 e. The van der Waals surface area contributed by atoms with Crippen LogP contribution in [0.1, 0.15) is 17.0 Å². The number of hydrogen-bond donors (Lipinski definition) is 1. The van der Waals surface area contributed by atoms with Crippen molar-refractivity contribution in [2.24, 2.45) is 5.73 Å². The van der Waals surface area contributed by atoms with Gasteiger partial charge in [0.2, 0.25) is 5.54 Å². The molecule has 2 unspecified atom stereocenters. The summed E-state index contributed by atoms with van der Waals surface area (Å²) < 4.78 is 22.7. The second-order valence-electron chi connectivity index (χ2n) is 6.96. The van der Waals surface area contributed by atoms with Crippen molar-refractivity contribution in [1.29, 1.82) is 5.26 Å². The lowest BCUT2D eigenvalue weighted by molar-refractivity contribution is -0.352. The molecule has 0 fully saturated rings. The molecule has 29 heavy (non-hydrogen) atoms. The second-order valence-corrected chi connectivity index (χ2v) is 6.96. The first kappa shape index (κ1) is 19.2. The van der Waals surface area contributed by atoms with Gasteiger partial charge in [0.1, 0.15) is 11.5 Å². The zero-order valence-corrected chi connectivity index (χ0v) is 16.5. The summed E-state index contributed by atoms with van der Waals surface area (Å²) in [7, 11) is 4.45. The first-order chi connectivity index (χ1) is 14.0. The van der Waals surface area contributed by atoms with Gasteiger partial charge in [0.25, 0.3) is 0 Å². The van der Waals surface area contributed by atoms with Crippen molar-refractivity contribution in [2.45, 2.75) is 17.4 Å². The molecule has 0 amide bonds. The monoisotopic (exact) mass is 390 g/mol. The molecule has 6 nitrogen and oxygen atoms in total. The third-order valence-electron chi connectivity index (χ3n) is 5.59. The van der Waals surface area contributed by atoms with Crippen molar-refractivity contribution in [2.75, 3.05) is 21.3 Å². The number of rotatable bonds is 4. The van der Waals surface area contributed by atoms with Crippen LogP contribution >= 0.6 is 0 Å². The van der Waals surface area contributed by atoms with Crippen molar-refractivity contribution < 1.29 is 18.9 Å².